The fourth-order valence-corrected chi connectivity index (χ4v) is 3.95. The lowest BCUT2D eigenvalue weighted by Crippen LogP contribution is -2.32. The third-order valence-electron chi connectivity index (χ3n) is 5.42. The molecule has 0 unspecified atom stereocenters. The molecular formula is C25H20FNO3. The Kier molecular flexibility index (Phi) is 4.60. The minimum atomic E-state index is -0.247. The molecule has 0 radical (unpaired) electrons. The van der Waals surface area contributed by atoms with E-state index in [0.717, 1.165) is 28.0 Å². The van der Waals surface area contributed by atoms with Crippen LogP contribution in [0.2, 0.25) is 0 Å². The van der Waals surface area contributed by atoms with Gasteiger partial charge in [0.05, 0.1) is 5.56 Å². The maximum Gasteiger partial charge on any atom is 0.231 e. The molecular weight excluding hydrogens is 381 g/mol. The van der Waals surface area contributed by atoms with E-state index in [1.807, 2.05) is 43.3 Å². The van der Waals surface area contributed by atoms with Crippen LogP contribution in [0.5, 0.6) is 11.5 Å². The molecule has 150 valence electrons. The van der Waals surface area contributed by atoms with Gasteiger partial charge in [0, 0.05) is 24.2 Å². The number of hydrogen-bond donors (Lipinski definition) is 0. The highest BCUT2D eigenvalue weighted by Crippen LogP contribution is 2.43. The van der Waals surface area contributed by atoms with Gasteiger partial charge in [0.2, 0.25) is 5.78 Å². The van der Waals surface area contributed by atoms with Crippen LogP contribution in [-0.4, -0.2) is 17.4 Å². The molecule has 0 spiro atoms. The second-order valence-electron chi connectivity index (χ2n) is 7.60. The molecule has 0 bridgehead atoms. The van der Waals surface area contributed by atoms with Gasteiger partial charge in [0.15, 0.2) is 5.76 Å². The molecule has 2 heterocycles. The molecule has 0 aromatic heterocycles. The van der Waals surface area contributed by atoms with Crippen LogP contribution in [0.25, 0.3) is 6.08 Å². The third kappa shape index (κ3) is 3.37. The molecule has 3 aromatic carbocycles. The predicted molar refractivity (Wildman–Crippen MR) is 112 cm³/mol. The van der Waals surface area contributed by atoms with E-state index in [9.17, 15) is 9.18 Å². The monoisotopic (exact) mass is 401 g/mol. The van der Waals surface area contributed by atoms with Gasteiger partial charge in [-0.15, -0.1) is 0 Å². The highest BCUT2D eigenvalue weighted by molar-refractivity contribution is 6.15. The van der Waals surface area contributed by atoms with Gasteiger partial charge < -0.3 is 9.47 Å². The third-order valence-corrected chi connectivity index (χ3v) is 5.42. The molecule has 2 aliphatic rings. The summed E-state index contributed by atoms with van der Waals surface area (Å²) in [5.74, 6) is 1.31. The highest BCUT2D eigenvalue weighted by Gasteiger charge is 2.33. The predicted octanol–water partition coefficient (Wildman–Crippen LogP) is 5.10. The molecule has 5 heteroatoms. The Bertz CT molecular complexity index is 1150. The zero-order chi connectivity index (χ0) is 20.7. The maximum absolute atomic E-state index is 13.2. The van der Waals surface area contributed by atoms with Crippen LogP contribution < -0.4 is 9.47 Å². The van der Waals surface area contributed by atoms with Gasteiger partial charge in [0.1, 0.15) is 24.0 Å². The molecule has 3 aromatic rings. The standard InChI is InChI=1S/C25H20FNO3/c1-16-24-19(14-27(15-29-24)13-18-7-9-20(26)10-8-18)12-21-23(28)22(30-25(16)21)11-17-5-3-2-4-6-17/h2-12H,13-15H2,1H3/b22-11-. The SMILES string of the molecule is Cc1c2c(cc3c1O/C(=C\c1ccccc1)C3=O)CN(Cc1ccc(F)cc1)CO2. The van der Waals surface area contributed by atoms with Crippen LogP contribution in [-0.2, 0) is 13.1 Å². The van der Waals surface area contributed by atoms with Crippen LogP contribution in [0.1, 0.15) is 32.6 Å². The summed E-state index contributed by atoms with van der Waals surface area (Å²) in [5, 5.41) is 0. The summed E-state index contributed by atoms with van der Waals surface area (Å²) in [6.07, 6.45) is 1.77. The lowest BCUT2D eigenvalue weighted by molar-refractivity contribution is 0.0876. The number of halogens is 1. The van der Waals surface area contributed by atoms with Gasteiger partial charge >= 0.3 is 0 Å². The average molecular weight is 401 g/mol. The Morgan fingerprint density at radius 1 is 1.07 bits per heavy atom. The molecule has 4 nitrogen and oxygen atoms in total. The number of nitrogens with zero attached hydrogens (tertiary/aromatic N) is 1. The number of fused-ring (bicyclic) bond motifs is 2. The summed E-state index contributed by atoms with van der Waals surface area (Å²) in [6.45, 7) is 3.63. The number of Topliss-reactive ketones (excluding diaryl/α,β-unsaturated/α-hetero) is 1. The molecule has 2 aliphatic heterocycles. The first kappa shape index (κ1) is 18.6. The van der Waals surface area contributed by atoms with Gasteiger partial charge in [-0.05, 0) is 42.3 Å². The Labute approximate surface area is 174 Å². The van der Waals surface area contributed by atoms with E-state index in [4.69, 9.17) is 9.47 Å². The summed E-state index contributed by atoms with van der Waals surface area (Å²) in [6, 6.07) is 18.0. The summed E-state index contributed by atoms with van der Waals surface area (Å²) < 4.78 is 25.1. The molecule has 0 N–H and O–H groups in total. The van der Waals surface area contributed by atoms with E-state index in [-0.39, 0.29) is 11.6 Å². The van der Waals surface area contributed by atoms with E-state index >= 15 is 0 Å². The Morgan fingerprint density at radius 2 is 1.83 bits per heavy atom. The minimum absolute atomic E-state index is 0.115. The van der Waals surface area contributed by atoms with Crippen molar-refractivity contribution in [2.45, 2.75) is 20.0 Å². The van der Waals surface area contributed by atoms with Gasteiger partial charge in [-0.2, -0.15) is 0 Å². The Hall–Kier alpha value is -3.44. The largest absolute Gasteiger partial charge is 0.477 e. The van der Waals surface area contributed by atoms with E-state index < -0.39 is 0 Å². The summed E-state index contributed by atoms with van der Waals surface area (Å²) in [4.78, 5) is 15.1. The number of ether oxygens (including phenoxy) is 2. The summed E-state index contributed by atoms with van der Waals surface area (Å²) >= 11 is 0. The second kappa shape index (κ2) is 7.43. The molecule has 0 saturated heterocycles. The van der Waals surface area contributed by atoms with E-state index in [2.05, 4.69) is 4.90 Å². The molecule has 30 heavy (non-hydrogen) atoms. The van der Waals surface area contributed by atoms with Crippen LogP contribution >= 0.6 is 0 Å². The number of allylic oxidation sites excluding steroid dienone is 1. The summed E-state index contributed by atoms with van der Waals surface area (Å²) in [5.41, 5.74) is 4.29. The smallest absolute Gasteiger partial charge is 0.231 e. The molecule has 0 saturated carbocycles. The van der Waals surface area contributed by atoms with Gasteiger partial charge in [0.25, 0.3) is 0 Å². The number of ketones is 1. The lowest BCUT2D eigenvalue weighted by atomic mass is 10.00. The van der Waals surface area contributed by atoms with Crippen LogP contribution in [0.15, 0.2) is 66.4 Å². The first-order valence-electron chi connectivity index (χ1n) is 9.84. The number of carbonyl (C=O) groups excluding carboxylic acids is 1. The van der Waals surface area contributed by atoms with Crippen molar-refractivity contribution < 1.29 is 18.7 Å². The first-order valence-corrected chi connectivity index (χ1v) is 9.84. The van der Waals surface area contributed by atoms with E-state index in [1.165, 1.54) is 12.1 Å². The molecule has 0 atom stereocenters. The first-order chi connectivity index (χ1) is 14.6. The van der Waals surface area contributed by atoms with Crippen LogP contribution in [0.4, 0.5) is 4.39 Å². The van der Waals surface area contributed by atoms with Crippen molar-refractivity contribution in [3.63, 3.8) is 0 Å². The van der Waals surface area contributed by atoms with Crippen molar-refractivity contribution >= 4 is 11.9 Å². The molecule has 0 fully saturated rings. The van der Waals surface area contributed by atoms with Crippen LogP contribution in [0.3, 0.4) is 0 Å². The number of benzene rings is 3. The Balaban J connectivity index is 1.42. The quantitative estimate of drug-likeness (QED) is 0.572. The van der Waals surface area contributed by atoms with E-state index in [0.29, 0.717) is 36.9 Å². The second-order valence-corrected chi connectivity index (χ2v) is 7.60. The number of rotatable bonds is 3. The van der Waals surface area contributed by atoms with Crippen molar-refractivity contribution in [3.05, 3.63) is 100 Å². The topological polar surface area (TPSA) is 38.8 Å². The van der Waals surface area contributed by atoms with Gasteiger partial charge in [-0.3, -0.25) is 9.69 Å². The van der Waals surface area contributed by atoms with Gasteiger partial charge in [-0.25, -0.2) is 4.39 Å². The zero-order valence-corrected chi connectivity index (χ0v) is 16.5. The summed E-state index contributed by atoms with van der Waals surface area (Å²) in [7, 11) is 0. The minimum Gasteiger partial charge on any atom is -0.477 e. The molecule has 5 rings (SSSR count). The molecule has 0 aliphatic carbocycles. The highest BCUT2D eigenvalue weighted by atomic mass is 19.1. The normalized spacial score (nSPS) is 16.7. The van der Waals surface area contributed by atoms with Crippen LogP contribution in [0, 0.1) is 12.7 Å². The number of hydrogen-bond acceptors (Lipinski definition) is 4. The number of carbonyl (C=O) groups is 1. The molecule has 0 amide bonds. The van der Waals surface area contributed by atoms with Gasteiger partial charge in [-0.1, -0.05) is 42.5 Å². The fraction of sp³-hybridized carbons (Fsp3) is 0.160. The zero-order valence-electron chi connectivity index (χ0n) is 16.5. The van der Waals surface area contributed by atoms with Crippen molar-refractivity contribution in [1.29, 1.82) is 0 Å². The van der Waals surface area contributed by atoms with Crippen molar-refractivity contribution in [3.8, 4) is 11.5 Å². The lowest BCUT2D eigenvalue weighted by Gasteiger charge is -2.30. The van der Waals surface area contributed by atoms with Crippen molar-refractivity contribution in [1.82, 2.24) is 4.90 Å². The van der Waals surface area contributed by atoms with Crippen molar-refractivity contribution in [2.24, 2.45) is 0 Å². The average Bonchev–Trinajstić information content (AvgIpc) is 3.06. The Morgan fingerprint density at radius 3 is 2.60 bits per heavy atom. The van der Waals surface area contributed by atoms with E-state index in [1.54, 1.807) is 18.2 Å². The maximum atomic E-state index is 13.2. The van der Waals surface area contributed by atoms with Crippen molar-refractivity contribution in [2.75, 3.05) is 6.73 Å². The fourth-order valence-electron chi connectivity index (χ4n) is 3.95.